The lowest BCUT2D eigenvalue weighted by atomic mass is 9.96. The van der Waals surface area contributed by atoms with Crippen molar-refractivity contribution in [2.75, 3.05) is 40.9 Å². The van der Waals surface area contributed by atoms with Gasteiger partial charge in [0.1, 0.15) is 18.0 Å². The van der Waals surface area contributed by atoms with E-state index in [2.05, 4.69) is 25.8 Å². The highest BCUT2D eigenvalue weighted by Gasteiger charge is 2.34. The van der Waals surface area contributed by atoms with Crippen LogP contribution in [0.4, 0.5) is 11.6 Å². The van der Waals surface area contributed by atoms with Gasteiger partial charge in [-0.05, 0) is 31.6 Å². The average Bonchev–Trinajstić information content (AvgIpc) is 3.27. The smallest absolute Gasteiger partial charge is 0.134 e. The molecule has 120 valence electrons. The molecular formula is C17H26N4S. The Balaban J connectivity index is 1.53. The summed E-state index contributed by atoms with van der Waals surface area (Å²) in [5, 5.41) is 0. The van der Waals surface area contributed by atoms with Gasteiger partial charge in [-0.25, -0.2) is 9.97 Å². The fraction of sp³-hybridized carbons (Fsp3) is 0.765. The minimum absolute atomic E-state index is 0.724. The highest BCUT2D eigenvalue weighted by molar-refractivity contribution is 7.99. The van der Waals surface area contributed by atoms with Crippen LogP contribution < -0.4 is 9.80 Å². The van der Waals surface area contributed by atoms with Crippen LogP contribution in [0.3, 0.4) is 0 Å². The normalized spacial score (nSPS) is 26.8. The molecule has 3 aliphatic rings. The van der Waals surface area contributed by atoms with Crippen molar-refractivity contribution in [2.24, 2.45) is 5.92 Å². The van der Waals surface area contributed by atoms with Gasteiger partial charge in [-0.1, -0.05) is 12.8 Å². The molecule has 22 heavy (non-hydrogen) atoms. The molecular weight excluding hydrogens is 292 g/mol. The molecule has 5 heteroatoms. The summed E-state index contributed by atoms with van der Waals surface area (Å²) >= 11 is 2.04. The first-order chi connectivity index (χ1) is 10.9. The Hall–Kier alpha value is -0.970. The lowest BCUT2D eigenvalue weighted by Gasteiger charge is -2.32. The number of rotatable bonds is 3. The van der Waals surface area contributed by atoms with Gasteiger partial charge in [-0.3, -0.25) is 0 Å². The first-order valence-electron chi connectivity index (χ1n) is 8.83. The number of aromatic nitrogens is 2. The topological polar surface area (TPSA) is 32.3 Å². The van der Waals surface area contributed by atoms with Crippen molar-refractivity contribution < 1.29 is 0 Å². The van der Waals surface area contributed by atoms with Crippen molar-refractivity contribution in [3.63, 3.8) is 0 Å². The van der Waals surface area contributed by atoms with Crippen LogP contribution in [0.25, 0.3) is 0 Å². The summed E-state index contributed by atoms with van der Waals surface area (Å²) < 4.78 is 0. The van der Waals surface area contributed by atoms with Crippen molar-refractivity contribution >= 4 is 23.4 Å². The van der Waals surface area contributed by atoms with E-state index < -0.39 is 0 Å². The first kappa shape index (κ1) is 14.6. The molecule has 1 saturated carbocycles. The number of anilines is 2. The molecule has 0 radical (unpaired) electrons. The molecule has 1 aromatic rings. The second kappa shape index (κ2) is 6.65. The molecule has 3 fully saturated rings. The van der Waals surface area contributed by atoms with Crippen LogP contribution in [0.5, 0.6) is 0 Å². The Bertz CT molecular complexity index is 497. The maximum atomic E-state index is 4.62. The van der Waals surface area contributed by atoms with Crippen LogP contribution in [0, 0.1) is 5.92 Å². The minimum Gasteiger partial charge on any atom is -0.355 e. The van der Waals surface area contributed by atoms with Crippen LogP contribution >= 0.6 is 11.8 Å². The molecule has 1 aromatic heterocycles. The van der Waals surface area contributed by atoms with E-state index in [1.807, 2.05) is 11.8 Å². The van der Waals surface area contributed by atoms with Gasteiger partial charge in [0.05, 0.1) is 0 Å². The molecule has 0 aromatic carbocycles. The largest absolute Gasteiger partial charge is 0.355 e. The third-order valence-corrected chi connectivity index (χ3v) is 6.45. The molecule has 2 saturated heterocycles. The quantitative estimate of drug-likeness (QED) is 0.854. The monoisotopic (exact) mass is 318 g/mol. The third-order valence-electron chi connectivity index (χ3n) is 5.51. The second-order valence-corrected chi connectivity index (χ2v) is 8.01. The van der Waals surface area contributed by atoms with E-state index in [4.69, 9.17) is 0 Å². The van der Waals surface area contributed by atoms with Crippen molar-refractivity contribution in [1.82, 2.24) is 9.97 Å². The van der Waals surface area contributed by atoms with Gasteiger partial charge in [-0.2, -0.15) is 11.8 Å². The minimum atomic E-state index is 0.724. The summed E-state index contributed by atoms with van der Waals surface area (Å²) in [6.45, 7) is 3.41. The van der Waals surface area contributed by atoms with Crippen LogP contribution in [0.1, 0.15) is 38.5 Å². The van der Waals surface area contributed by atoms with Crippen LogP contribution in [-0.2, 0) is 0 Å². The van der Waals surface area contributed by atoms with E-state index in [1.54, 1.807) is 6.33 Å². The number of hydrogen-bond donors (Lipinski definition) is 0. The SMILES string of the molecule is c1nc(N2CCSCC2)cc(N2CCCC2C2CCCC2)n1. The number of hydrogen-bond acceptors (Lipinski definition) is 5. The molecule has 3 heterocycles. The summed E-state index contributed by atoms with van der Waals surface area (Å²) in [6.07, 6.45) is 10.1. The summed E-state index contributed by atoms with van der Waals surface area (Å²) in [6, 6.07) is 2.96. The van der Waals surface area contributed by atoms with Crippen LogP contribution in [0.15, 0.2) is 12.4 Å². The molecule has 1 atom stereocenters. The van der Waals surface area contributed by atoms with Crippen molar-refractivity contribution in [3.8, 4) is 0 Å². The number of nitrogens with zero attached hydrogens (tertiary/aromatic N) is 4. The number of thioether (sulfide) groups is 1. The second-order valence-electron chi connectivity index (χ2n) is 6.78. The van der Waals surface area contributed by atoms with Gasteiger partial charge in [0.2, 0.25) is 0 Å². The molecule has 1 aliphatic carbocycles. The fourth-order valence-corrected chi connectivity index (χ4v) is 5.27. The summed E-state index contributed by atoms with van der Waals surface area (Å²) in [5.74, 6) is 5.62. The molecule has 2 aliphatic heterocycles. The predicted molar refractivity (Wildman–Crippen MR) is 93.9 cm³/mol. The van der Waals surface area contributed by atoms with E-state index in [0.717, 1.165) is 36.7 Å². The van der Waals surface area contributed by atoms with Gasteiger partial charge in [0.25, 0.3) is 0 Å². The Morgan fingerprint density at radius 1 is 0.909 bits per heavy atom. The highest BCUT2D eigenvalue weighted by atomic mass is 32.2. The van der Waals surface area contributed by atoms with Gasteiger partial charge >= 0.3 is 0 Å². The molecule has 0 amide bonds. The van der Waals surface area contributed by atoms with E-state index >= 15 is 0 Å². The third kappa shape index (κ3) is 2.92. The Kier molecular flexibility index (Phi) is 4.42. The highest BCUT2D eigenvalue weighted by Crippen LogP contribution is 2.37. The van der Waals surface area contributed by atoms with Gasteiger partial charge < -0.3 is 9.80 Å². The van der Waals surface area contributed by atoms with E-state index in [9.17, 15) is 0 Å². The van der Waals surface area contributed by atoms with E-state index in [1.165, 1.54) is 56.6 Å². The van der Waals surface area contributed by atoms with Crippen LogP contribution in [-0.4, -0.2) is 47.1 Å². The summed E-state index contributed by atoms with van der Waals surface area (Å²) in [5.41, 5.74) is 0. The molecule has 4 rings (SSSR count). The molecule has 0 spiro atoms. The van der Waals surface area contributed by atoms with Gasteiger partial charge in [0, 0.05) is 43.2 Å². The van der Waals surface area contributed by atoms with E-state index in [0.29, 0.717) is 0 Å². The maximum absolute atomic E-state index is 4.62. The first-order valence-corrected chi connectivity index (χ1v) is 9.99. The van der Waals surface area contributed by atoms with E-state index in [-0.39, 0.29) is 0 Å². The molecule has 0 N–H and O–H groups in total. The standard InChI is InChI=1S/C17H26N4S/c1-2-5-14(4-1)15-6-3-7-21(15)17-12-16(18-13-19-17)20-8-10-22-11-9-20/h12-15H,1-11H2. The Morgan fingerprint density at radius 3 is 2.50 bits per heavy atom. The lowest BCUT2D eigenvalue weighted by Crippen LogP contribution is -2.36. The lowest BCUT2D eigenvalue weighted by molar-refractivity contribution is 0.429. The molecule has 4 nitrogen and oxygen atoms in total. The Labute approximate surface area is 137 Å². The maximum Gasteiger partial charge on any atom is 0.134 e. The molecule has 0 bridgehead atoms. The van der Waals surface area contributed by atoms with Gasteiger partial charge in [0.15, 0.2) is 0 Å². The van der Waals surface area contributed by atoms with Crippen molar-refractivity contribution in [3.05, 3.63) is 12.4 Å². The summed E-state index contributed by atoms with van der Waals surface area (Å²) in [7, 11) is 0. The zero-order chi connectivity index (χ0) is 14.8. The van der Waals surface area contributed by atoms with Crippen molar-refractivity contribution in [1.29, 1.82) is 0 Å². The summed E-state index contributed by atoms with van der Waals surface area (Å²) in [4.78, 5) is 14.2. The van der Waals surface area contributed by atoms with Crippen LogP contribution in [0.2, 0.25) is 0 Å². The predicted octanol–water partition coefficient (Wildman–Crippen LogP) is 3.19. The Morgan fingerprint density at radius 2 is 1.68 bits per heavy atom. The molecule has 1 unspecified atom stereocenters. The zero-order valence-corrected chi connectivity index (χ0v) is 14.1. The van der Waals surface area contributed by atoms with Gasteiger partial charge in [-0.15, -0.1) is 0 Å². The average molecular weight is 318 g/mol. The zero-order valence-electron chi connectivity index (χ0n) is 13.3. The fourth-order valence-electron chi connectivity index (χ4n) is 4.37. The van der Waals surface area contributed by atoms with Crippen molar-refractivity contribution in [2.45, 2.75) is 44.6 Å².